The third-order valence-electron chi connectivity index (χ3n) is 3.83. The molecule has 0 aliphatic carbocycles. The van der Waals surface area contributed by atoms with Crippen LogP contribution in [0.15, 0.2) is 30.3 Å². The zero-order valence-electron chi connectivity index (χ0n) is 13.1. The first-order valence-corrected chi connectivity index (χ1v) is 7.25. The van der Waals surface area contributed by atoms with Crippen LogP contribution in [-0.4, -0.2) is 53.6 Å². The number of carbonyl (C=O) groups excluding carboxylic acids is 2. The first-order chi connectivity index (χ1) is 11.6. The van der Waals surface area contributed by atoms with E-state index in [1.165, 1.54) is 12.1 Å². The van der Waals surface area contributed by atoms with Crippen LogP contribution in [0.4, 0.5) is 18.9 Å². The number of carbonyl (C=O) groups is 2. The first kappa shape index (κ1) is 18.6. The Labute approximate surface area is 140 Å². The van der Waals surface area contributed by atoms with Crippen LogP contribution in [0.25, 0.3) is 0 Å². The van der Waals surface area contributed by atoms with E-state index < -0.39 is 41.5 Å². The van der Waals surface area contributed by atoms with Gasteiger partial charge < -0.3 is 5.32 Å². The largest absolute Gasteiger partial charge is 0.471 e. The molecule has 2 amide bonds. The molecule has 2 rings (SSSR count). The Morgan fingerprint density at radius 3 is 2.44 bits per heavy atom. The molecule has 0 bridgehead atoms. The molecule has 1 aliphatic heterocycles. The van der Waals surface area contributed by atoms with Gasteiger partial charge in [0.25, 0.3) is 0 Å². The molecule has 25 heavy (non-hydrogen) atoms. The summed E-state index contributed by atoms with van der Waals surface area (Å²) in [6.45, 7) is -0.451. The molecular formula is C14H15F3N4O4. The van der Waals surface area contributed by atoms with Crippen LogP contribution in [0.3, 0.4) is 0 Å². The van der Waals surface area contributed by atoms with Crippen molar-refractivity contribution in [1.29, 1.82) is 0 Å². The summed E-state index contributed by atoms with van der Waals surface area (Å²) in [5, 5.41) is 15.3. The number of hydrogen-bond donors (Lipinski definition) is 1. The molecule has 136 valence electrons. The molecule has 11 heteroatoms. The number of hydrogen-bond acceptors (Lipinski definition) is 5. The average Bonchev–Trinajstić information content (AvgIpc) is 2.78. The summed E-state index contributed by atoms with van der Waals surface area (Å²) in [6, 6.07) is 5.55. The van der Waals surface area contributed by atoms with Crippen molar-refractivity contribution in [1.82, 2.24) is 10.3 Å². The smallest absolute Gasteiger partial charge is 0.348 e. The third kappa shape index (κ3) is 3.87. The lowest BCUT2D eigenvalue weighted by molar-refractivity contribution is -0.510. The van der Waals surface area contributed by atoms with E-state index in [9.17, 15) is 32.9 Å². The predicted molar refractivity (Wildman–Crippen MR) is 79.9 cm³/mol. The maximum atomic E-state index is 12.4. The molecule has 0 saturated carbocycles. The van der Waals surface area contributed by atoms with Crippen molar-refractivity contribution in [3.8, 4) is 0 Å². The highest BCUT2D eigenvalue weighted by atomic mass is 19.4. The van der Waals surface area contributed by atoms with E-state index in [1.807, 2.05) is 0 Å². The Balaban J connectivity index is 2.14. The molecule has 1 aliphatic rings. The molecule has 1 aromatic carbocycles. The molecule has 0 spiro atoms. The van der Waals surface area contributed by atoms with Crippen molar-refractivity contribution in [3.63, 3.8) is 0 Å². The van der Waals surface area contributed by atoms with Gasteiger partial charge in [0.05, 0.1) is 5.69 Å². The number of nitrogens with zero attached hydrogens (tertiary/aromatic N) is 3. The summed E-state index contributed by atoms with van der Waals surface area (Å²) in [7, 11) is 1.44. The standard InChI is InChI=1S/C14H15F3N4O4/c1-19-10(7-8-18-13(23)14(15,16)17)11(21(24)25)12(22)20(19)9-5-3-2-4-6-9/h2-6,10-11H,7-8H2,1H3,(H,18,23). The van der Waals surface area contributed by atoms with E-state index in [0.717, 1.165) is 5.01 Å². The van der Waals surface area contributed by atoms with E-state index in [4.69, 9.17) is 0 Å². The normalized spacial score (nSPS) is 21.4. The Hall–Kier alpha value is -2.69. The Kier molecular flexibility index (Phi) is 5.26. The fraction of sp³-hybridized carbons (Fsp3) is 0.429. The van der Waals surface area contributed by atoms with E-state index in [1.54, 1.807) is 35.6 Å². The molecule has 2 atom stereocenters. The molecule has 1 fully saturated rings. The highest BCUT2D eigenvalue weighted by Gasteiger charge is 2.53. The minimum atomic E-state index is -5.03. The summed E-state index contributed by atoms with van der Waals surface area (Å²) in [5.74, 6) is -2.91. The van der Waals surface area contributed by atoms with Crippen molar-refractivity contribution in [3.05, 3.63) is 40.4 Å². The van der Waals surface area contributed by atoms with Crippen LogP contribution < -0.4 is 10.3 Å². The monoisotopic (exact) mass is 360 g/mol. The zero-order valence-corrected chi connectivity index (χ0v) is 13.1. The second kappa shape index (κ2) is 7.05. The number of amides is 2. The lowest BCUT2D eigenvalue weighted by atomic mass is 10.1. The maximum Gasteiger partial charge on any atom is 0.471 e. The predicted octanol–water partition coefficient (Wildman–Crippen LogP) is 0.962. The number of nitrogens with one attached hydrogen (secondary N) is 1. The fourth-order valence-corrected chi connectivity index (χ4v) is 2.69. The molecule has 0 aromatic heterocycles. The second-order valence-electron chi connectivity index (χ2n) is 5.40. The molecule has 1 aromatic rings. The summed E-state index contributed by atoms with van der Waals surface area (Å²) in [6.07, 6.45) is -5.23. The Bertz CT molecular complexity index is 668. The van der Waals surface area contributed by atoms with Crippen molar-refractivity contribution in [2.75, 3.05) is 18.6 Å². The third-order valence-corrected chi connectivity index (χ3v) is 3.83. The quantitative estimate of drug-likeness (QED) is 0.623. The fourth-order valence-electron chi connectivity index (χ4n) is 2.69. The molecule has 2 unspecified atom stereocenters. The van der Waals surface area contributed by atoms with E-state index in [2.05, 4.69) is 0 Å². The minimum Gasteiger partial charge on any atom is -0.348 e. The number of halogens is 3. The van der Waals surface area contributed by atoms with E-state index >= 15 is 0 Å². The van der Waals surface area contributed by atoms with Gasteiger partial charge in [-0.3, -0.25) is 19.7 Å². The molecule has 1 saturated heterocycles. The Morgan fingerprint density at radius 2 is 1.92 bits per heavy atom. The molecule has 8 nitrogen and oxygen atoms in total. The van der Waals surface area contributed by atoms with Crippen molar-refractivity contribution < 1.29 is 27.7 Å². The van der Waals surface area contributed by atoms with Gasteiger partial charge in [0.15, 0.2) is 0 Å². The Morgan fingerprint density at radius 1 is 1.32 bits per heavy atom. The number of nitro groups is 1. The van der Waals surface area contributed by atoms with Crippen molar-refractivity contribution in [2.45, 2.75) is 24.7 Å². The van der Waals surface area contributed by atoms with Gasteiger partial charge in [-0.05, 0) is 18.6 Å². The highest BCUT2D eigenvalue weighted by molar-refractivity contribution is 5.98. The lowest BCUT2D eigenvalue weighted by Gasteiger charge is -2.27. The van der Waals surface area contributed by atoms with Crippen LogP contribution >= 0.6 is 0 Å². The van der Waals surface area contributed by atoms with Crippen LogP contribution in [0.5, 0.6) is 0 Å². The summed E-state index contributed by atoms with van der Waals surface area (Å²) >= 11 is 0. The van der Waals surface area contributed by atoms with Gasteiger partial charge in [0.2, 0.25) is 0 Å². The number of anilines is 1. The number of rotatable bonds is 5. The second-order valence-corrected chi connectivity index (χ2v) is 5.40. The van der Waals surface area contributed by atoms with Gasteiger partial charge in [-0.1, -0.05) is 18.2 Å². The zero-order chi connectivity index (χ0) is 18.8. The SMILES string of the molecule is CN1C(CCNC(=O)C(F)(F)F)C([N+](=O)[O-])C(=O)N1c1ccccc1. The molecule has 1 heterocycles. The number of likely N-dealkylation sites (N-methyl/N-ethyl adjacent to an activating group) is 1. The van der Waals surface area contributed by atoms with Gasteiger partial charge >= 0.3 is 24.0 Å². The molecule has 0 radical (unpaired) electrons. The van der Waals surface area contributed by atoms with Crippen LogP contribution in [0, 0.1) is 10.1 Å². The van der Waals surface area contributed by atoms with Crippen molar-refractivity contribution in [2.24, 2.45) is 0 Å². The summed E-state index contributed by atoms with van der Waals surface area (Å²) < 4.78 is 36.6. The molecule has 1 N–H and O–H groups in total. The number of para-hydroxylation sites is 1. The van der Waals surface area contributed by atoms with Crippen LogP contribution in [0.1, 0.15) is 6.42 Å². The molecular weight excluding hydrogens is 345 g/mol. The van der Waals surface area contributed by atoms with Crippen molar-refractivity contribution >= 4 is 17.5 Å². The topological polar surface area (TPSA) is 95.8 Å². The summed E-state index contributed by atoms with van der Waals surface area (Å²) in [5.41, 5.74) is 0.406. The highest BCUT2D eigenvalue weighted by Crippen LogP contribution is 2.28. The van der Waals surface area contributed by atoms with E-state index in [-0.39, 0.29) is 6.42 Å². The van der Waals surface area contributed by atoms with Gasteiger partial charge in [-0.15, -0.1) is 0 Å². The number of hydrazine groups is 1. The summed E-state index contributed by atoms with van der Waals surface area (Å²) in [4.78, 5) is 33.7. The minimum absolute atomic E-state index is 0.195. The van der Waals surface area contributed by atoms with Crippen LogP contribution in [0.2, 0.25) is 0 Å². The first-order valence-electron chi connectivity index (χ1n) is 7.25. The van der Waals surface area contributed by atoms with Gasteiger partial charge in [-0.25, -0.2) is 10.0 Å². The van der Waals surface area contributed by atoms with Gasteiger partial charge in [0, 0.05) is 18.5 Å². The maximum absolute atomic E-state index is 12.4. The number of alkyl halides is 3. The number of benzene rings is 1. The van der Waals surface area contributed by atoms with Crippen LogP contribution in [-0.2, 0) is 9.59 Å². The van der Waals surface area contributed by atoms with E-state index in [0.29, 0.717) is 5.69 Å². The van der Waals surface area contributed by atoms with Gasteiger partial charge in [0.1, 0.15) is 6.04 Å². The van der Waals surface area contributed by atoms with Gasteiger partial charge in [-0.2, -0.15) is 13.2 Å². The average molecular weight is 360 g/mol. The lowest BCUT2D eigenvalue weighted by Crippen LogP contribution is -2.44.